The maximum absolute atomic E-state index is 6.48. The van der Waals surface area contributed by atoms with Crippen molar-refractivity contribution >= 4 is 23.7 Å². The number of amidine groups is 1. The molecular formula is C21H25ClN4O2. The highest BCUT2D eigenvalue weighted by molar-refractivity contribution is 6.32. The van der Waals surface area contributed by atoms with Crippen molar-refractivity contribution in [2.24, 2.45) is 21.5 Å². The number of benzene rings is 2. The molecule has 4 N–H and O–H groups in total. The van der Waals surface area contributed by atoms with E-state index in [9.17, 15) is 0 Å². The summed E-state index contributed by atoms with van der Waals surface area (Å²) in [7, 11) is 1.59. The van der Waals surface area contributed by atoms with E-state index >= 15 is 0 Å². The van der Waals surface area contributed by atoms with Crippen LogP contribution in [0.3, 0.4) is 0 Å². The summed E-state index contributed by atoms with van der Waals surface area (Å²) in [5.74, 6) is 1.66. The van der Waals surface area contributed by atoms with E-state index in [1.165, 1.54) is 0 Å². The molecule has 0 saturated carbocycles. The van der Waals surface area contributed by atoms with Crippen molar-refractivity contribution in [3.8, 4) is 11.5 Å². The zero-order valence-electron chi connectivity index (χ0n) is 16.2. The maximum Gasteiger partial charge on any atom is 0.204 e. The number of halogens is 1. The number of ether oxygens (including phenoxy) is 2. The predicted octanol–water partition coefficient (Wildman–Crippen LogP) is 3.52. The molecule has 3 rings (SSSR count). The Balaban J connectivity index is 2.07. The summed E-state index contributed by atoms with van der Waals surface area (Å²) < 4.78 is 11.8. The largest absolute Gasteiger partial charge is 0.495 e. The first-order valence-corrected chi connectivity index (χ1v) is 9.46. The highest BCUT2D eigenvalue weighted by Gasteiger charge is 2.39. The Labute approximate surface area is 170 Å². The van der Waals surface area contributed by atoms with E-state index in [4.69, 9.17) is 32.5 Å². The molecular weight excluding hydrogens is 376 g/mol. The molecule has 0 fully saturated rings. The fourth-order valence-corrected chi connectivity index (χ4v) is 3.37. The lowest BCUT2D eigenvalue weighted by atomic mass is 9.92. The van der Waals surface area contributed by atoms with Crippen LogP contribution in [-0.2, 0) is 6.42 Å². The Morgan fingerprint density at radius 3 is 2.50 bits per heavy atom. The van der Waals surface area contributed by atoms with Gasteiger partial charge in [0.1, 0.15) is 17.3 Å². The van der Waals surface area contributed by atoms with Crippen LogP contribution in [0.25, 0.3) is 0 Å². The summed E-state index contributed by atoms with van der Waals surface area (Å²) in [6.07, 6.45) is 1.38. The van der Waals surface area contributed by atoms with Gasteiger partial charge in [0.05, 0.1) is 18.3 Å². The van der Waals surface area contributed by atoms with Crippen LogP contribution in [0.1, 0.15) is 30.9 Å². The van der Waals surface area contributed by atoms with Gasteiger partial charge in [-0.25, -0.2) is 4.99 Å². The molecule has 28 heavy (non-hydrogen) atoms. The molecule has 2 aromatic carbocycles. The first kappa shape index (κ1) is 20.2. The third-order valence-corrected chi connectivity index (χ3v) is 4.94. The van der Waals surface area contributed by atoms with Crippen LogP contribution >= 0.6 is 11.6 Å². The normalized spacial score (nSPS) is 21.5. The van der Waals surface area contributed by atoms with Crippen LogP contribution in [0.5, 0.6) is 11.5 Å². The fourth-order valence-electron chi connectivity index (χ4n) is 3.14. The van der Waals surface area contributed by atoms with Gasteiger partial charge in [0.25, 0.3) is 0 Å². The minimum absolute atomic E-state index is 0.177. The highest BCUT2D eigenvalue weighted by atomic mass is 35.5. The van der Waals surface area contributed by atoms with E-state index in [-0.39, 0.29) is 11.8 Å². The molecule has 0 amide bonds. The second kappa shape index (κ2) is 8.20. The predicted molar refractivity (Wildman–Crippen MR) is 114 cm³/mol. The zero-order valence-corrected chi connectivity index (χ0v) is 17.0. The molecule has 0 aromatic heterocycles. The summed E-state index contributed by atoms with van der Waals surface area (Å²) >= 11 is 6.37. The Morgan fingerprint density at radius 1 is 1.18 bits per heavy atom. The van der Waals surface area contributed by atoms with Crippen LogP contribution in [0, 0.1) is 0 Å². The minimum atomic E-state index is -1.06. The molecule has 1 aliphatic rings. The maximum atomic E-state index is 6.48. The van der Waals surface area contributed by atoms with Crippen molar-refractivity contribution in [2.75, 3.05) is 7.11 Å². The zero-order chi connectivity index (χ0) is 20.3. The van der Waals surface area contributed by atoms with Crippen molar-refractivity contribution in [3.63, 3.8) is 0 Å². The van der Waals surface area contributed by atoms with Gasteiger partial charge in [-0.2, -0.15) is 0 Å². The number of rotatable bonds is 6. The average molecular weight is 401 g/mol. The van der Waals surface area contributed by atoms with Crippen LogP contribution in [0.2, 0.25) is 5.02 Å². The minimum Gasteiger partial charge on any atom is -0.495 e. The molecule has 7 heteroatoms. The monoisotopic (exact) mass is 400 g/mol. The number of nitrogens with zero attached hydrogens (tertiary/aromatic N) is 2. The lowest BCUT2D eigenvalue weighted by Gasteiger charge is -2.34. The van der Waals surface area contributed by atoms with Gasteiger partial charge in [0, 0.05) is 18.1 Å². The molecule has 2 unspecified atom stereocenters. The highest BCUT2D eigenvalue weighted by Crippen LogP contribution is 2.38. The van der Waals surface area contributed by atoms with E-state index in [1.807, 2.05) is 36.4 Å². The topological polar surface area (TPSA) is 95.2 Å². The van der Waals surface area contributed by atoms with Crippen molar-refractivity contribution in [3.05, 3.63) is 58.6 Å². The number of methoxy groups -OCH3 is 1. The third kappa shape index (κ3) is 4.13. The van der Waals surface area contributed by atoms with Crippen LogP contribution in [0.4, 0.5) is 0 Å². The molecule has 0 bridgehead atoms. The van der Waals surface area contributed by atoms with Gasteiger partial charge in [-0.15, -0.1) is 0 Å². The molecule has 6 nitrogen and oxygen atoms in total. The quantitative estimate of drug-likeness (QED) is 0.775. The molecule has 0 radical (unpaired) electrons. The van der Waals surface area contributed by atoms with Crippen molar-refractivity contribution in [2.45, 2.75) is 38.1 Å². The van der Waals surface area contributed by atoms with Gasteiger partial charge in [-0.3, -0.25) is 10.7 Å². The summed E-state index contributed by atoms with van der Waals surface area (Å²) in [4.78, 5) is 8.51. The summed E-state index contributed by atoms with van der Waals surface area (Å²) in [5.41, 5.74) is 13.1. The Kier molecular flexibility index (Phi) is 5.91. The van der Waals surface area contributed by atoms with E-state index < -0.39 is 11.9 Å². The smallest absolute Gasteiger partial charge is 0.204 e. The second-order valence-electron chi connectivity index (χ2n) is 7.04. The second-order valence-corrected chi connectivity index (χ2v) is 7.45. The fraction of sp³-hybridized carbons (Fsp3) is 0.333. The summed E-state index contributed by atoms with van der Waals surface area (Å²) in [6.45, 7) is 4.14. The van der Waals surface area contributed by atoms with Gasteiger partial charge in [0.15, 0.2) is 6.29 Å². The van der Waals surface area contributed by atoms with E-state index in [2.05, 4.69) is 23.8 Å². The third-order valence-electron chi connectivity index (χ3n) is 4.65. The van der Waals surface area contributed by atoms with Crippen LogP contribution in [0.15, 0.2) is 52.4 Å². The van der Waals surface area contributed by atoms with E-state index in [0.717, 1.165) is 11.1 Å². The summed E-state index contributed by atoms with van der Waals surface area (Å²) in [5, 5.41) is 0.455. The standard InChI is InChI=1S/C21H25ClN4O2/c1-13(2)15-9-18(27-3)16(22)10-17(15)28-21(11-14-7-5-4-6-8-14)12-25-20(24)26-19(21)23/h4-10,12-13,20H,11,24H2,1-3H3,(H2,23,26). The molecule has 0 saturated heterocycles. The Hall–Kier alpha value is -2.57. The molecule has 0 spiro atoms. The molecule has 0 aliphatic carbocycles. The van der Waals surface area contributed by atoms with Gasteiger partial charge in [-0.05, 0) is 17.5 Å². The number of nitrogens with two attached hydrogens (primary N) is 2. The van der Waals surface area contributed by atoms with Crippen molar-refractivity contribution in [1.29, 1.82) is 0 Å². The van der Waals surface area contributed by atoms with Gasteiger partial charge in [-0.1, -0.05) is 55.8 Å². The van der Waals surface area contributed by atoms with Crippen molar-refractivity contribution < 1.29 is 9.47 Å². The van der Waals surface area contributed by atoms with Gasteiger partial charge in [0.2, 0.25) is 5.60 Å². The number of aliphatic imine (C=N–C) groups is 2. The van der Waals surface area contributed by atoms with Crippen LogP contribution in [-0.4, -0.2) is 31.1 Å². The van der Waals surface area contributed by atoms with Gasteiger partial charge < -0.3 is 15.2 Å². The van der Waals surface area contributed by atoms with Crippen LogP contribution < -0.4 is 20.9 Å². The molecule has 148 valence electrons. The molecule has 2 atom stereocenters. The Morgan fingerprint density at radius 2 is 1.89 bits per heavy atom. The van der Waals surface area contributed by atoms with E-state index in [0.29, 0.717) is 22.9 Å². The number of hydrogen-bond acceptors (Lipinski definition) is 6. The average Bonchev–Trinajstić information content (AvgIpc) is 2.66. The SMILES string of the molecule is COc1cc(C(C)C)c(OC2(Cc3ccccc3)C=NC(N)N=C2N)cc1Cl. The molecule has 1 aliphatic heterocycles. The first-order chi connectivity index (χ1) is 13.3. The van der Waals surface area contributed by atoms with Crippen molar-refractivity contribution in [1.82, 2.24) is 0 Å². The first-order valence-electron chi connectivity index (χ1n) is 9.08. The molecule has 1 heterocycles. The lowest BCUT2D eigenvalue weighted by molar-refractivity contribution is 0.207. The van der Waals surface area contributed by atoms with Gasteiger partial charge >= 0.3 is 0 Å². The lowest BCUT2D eigenvalue weighted by Crippen LogP contribution is -2.55. The van der Waals surface area contributed by atoms with E-state index in [1.54, 1.807) is 19.4 Å². The number of hydrogen-bond donors (Lipinski definition) is 2. The Bertz CT molecular complexity index is 899. The summed E-state index contributed by atoms with van der Waals surface area (Å²) in [6, 6.07) is 13.5. The molecule has 2 aromatic rings.